The highest BCUT2D eigenvalue weighted by atomic mass is 32.2. The van der Waals surface area contributed by atoms with Crippen LogP contribution in [-0.4, -0.2) is 32.1 Å². The van der Waals surface area contributed by atoms with Crippen molar-refractivity contribution in [1.29, 1.82) is 0 Å². The lowest BCUT2D eigenvalue weighted by molar-refractivity contribution is 0.112. The fraction of sp³-hybridized carbons (Fsp3) is 0.417. The van der Waals surface area contributed by atoms with Crippen molar-refractivity contribution in [3.8, 4) is 0 Å². The molecule has 0 saturated carbocycles. The number of benzene rings is 1. The lowest BCUT2D eigenvalue weighted by Gasteiger charge is -2.25. The van der Waals surface area contributed by atoms with Gasteiger partial charge in [0.1, 0.15) is 6.29 Å². The summed E-state index contributed by atoms with van der Waals surface area (Å²) in [6.07, 6.45) is 3.64. The third-order valence-corrected chi connectivity index (χ3v) is 4.88. The molecule has 17 heavy (non-hydrogen) atoms. The van der Waals surface area contributed by atoms with Gasteiger partial charge in [-0.1, -0.05) is 18.6 Å². The van der Waals surface area contributed by atoms with Crippen LogP contribution in [0.2, 0.25) is 0 Å². The molecule has 1 aromatic rings. The Labute approximate surface area is 101 Å². The number of aldehydes is 1. The van der Waals surface area contributed by atoms with E-state index in [1.54, 1.807) is 0 Å². The second kappa shape index (κ2) is 4.98. The van der Waals surface area contributed by atoms with Crippen LogP contribution in [0.25, 0.3) is 0 Å². The van der Waals surface area contributed by atoms with E-state index in [0.29, 0.717) is 24.9 Å². The van der Waals surface area contributed by atoms with Crippen molar-refractivity contribution in [3.63, 3.8) is 0 Å². The molecule has 0 aliphatic carbocycles. The maximum absolute atomic E-state index is 12.2. The molecule has 1 fully saturated rings. The van der Waals surface area contributed by atoms with E-state index < -0.39 is 10.0 Å². The number of hydrogen-bond donors (Lipinski definition) is 0. The Morgan fingerprint density at radius 3 is 2.12 bits per heavy atom. The molecule has 0 N–H and O–H groups in total. The summed E-state index contributed by atoms with van der Waals surface area (Å²) in [5, 5.41) is 0. The highest BCUT2D eigenvalue weighted by molar-refractivity contribution is 7.89. The van der Waals surface area contributed by atoms with Gasteiger partial charge < -0.3 is 0 Å². The first-order valence-electron chi connectivity index (χ1n) is 5.70. The second-order valence-electron chi connectivity index (χ2n) is 4.15. The zero-order valence-corrected chi connectivity index (χ0v) is 10.3. The Morgan fingerprint density at radius 2 is 1.59 bits per heavy atom. The van der Waals surface area contributed by atoms with Gasteiger partial charge in [-0.3, -0.25) is 4.79 Å². The van der Waals surface area contributed by atoms with Crippen molar-refractivity contribution in [2.24, 2.45) is 0 Å². The van der Waals surface area contributed by atoms with Crippen LogP contribution >= 0.6 is 0 Å². The minimum Gasteiger partial charge on any atom is -0.298 e. The molecule has 4 nitrogen and oxygen atoms in total. The van der Waals surface area contributed by atoms with Gasteiger partial charge >= 0.3 is 0 Å². The van der Waals surface area contributed by atoms with E-state index in [4.69, 9.17) is 0 Å². The topological polar surface area (TPSA) is 54.5 Å². The van der Waals surface area contributed by atoms with Gasteiger partial charge in [0.2, 0.25) is 10.0 Å². The van der Waals surface area contributed by atoms with Crippen LogP contribution < -0.4 is 0 Å². The standard InChI is InChI=1S/C12H15NO3S/c14-10-11-4-6-12(7-5-11)17(15,16)13-8-2-1-3-9-13/h4-7,10H,1-3,8-9H2. The average molecular weight is 253 g/mol. The number of piperidine rings is 1. The first kappa shape index (κ1) is 12.3. The molecule has 0 aromatic heterocycles. The van der Waals surface area contributed by atoms with Gasteiger partial charge in [0, 0.05) is 18.7 Å². The predicted octanol–water partition coefficient (Wildman–Crippen LogP) is 1.67. The number of sulfonamides is 1. The van der Waals surface area contributed by atoms with Gasteiger partial charge in [-0.2, -0.15) is 4.31 Å². The molecule has 0 atom stereocenters. The summed E-state index contributed by atoms with van der Waals surface area (Å²) in [5.41, 5.74) is 0.489. The summed E-state index contributed by atoms with van der Waals surface area (Å²) in [5.74, 6) is 0. The summed E-state index contributed by atoms with van der Waals surface area (Å²) in [4.78, 5) is 10.8. The highest BCUT2D eigenvalue weighted by Crippen LogP contribution is 2.20. The van der Waals surface area contributed by atoms with Crippen LogP contribution in [0.5, 0.6) is 0 Å². The van der Waals surface area contributed by atoms with Crippen molar-refractivity contribution in [3.05, 3.63) is 29.8 Å². The first-order chi connectivity index (χ1) is 8.14. The predicted molar refractivity (Wildman–Crippen MR) is 64.4 cm³/mol. The van der Waals surface area contributed by atoms with E-state index in [2.05, 4.69) is 0 Å². The Bertz CT molecular complexity index is 487. The Hall–Kier alpha value is -1.20. The Kier molecular flexibility index (Phi) is 3.59. The summed E-state index contributed by atoms with van der Waals surface area (Å²) in [7, 11) is -3.37. The average Bonchev–Trinajstić information content (AvgIpc) is 2.40. The molecular weight excluding hydrogens is 238 g/mol. The van der Waals surface area contributed by atoms with Crippen LogP contribution in [-0.2, 0) is 10.0 Å². The summed E-state index contributed by atoms with van der Waals surface area (Å²) >= 11 is 0. The zero-order chi connectivity index (χ0) is 12.3. The smallest absolute Gasteiger partial charge is 0.243 e. The molecule has 0 spiro atoms. The Balaban J connectivity index is 2.26. The SMILES string of the molecule is O=Cc1ccc(S(=O)(=O)N2CCCCC2)cc1. The molecule has 1 aliphatic rings. The molecule has 0 amide bonds. The van der Waals surface area contributed by atoms with E-state index in [0.717, 1.165) is 19.3 Å². The van der Waals surface area contributed by atoms with Gasteiger partial charge in [-0.15, -0.1) is 0 Å². The maximum Gasteiger partial charge on any atom is 0.243 e. The van der Waals surface area contributed by atoms with Crippen molar-refractivity contribution < 1.29 is 13.2 Å². The number of rotatable bonds is 3. The number of hydrogen-bond acceptors (Lipinski definition) is 3. The zero-order valence-electron chi connectivity index (χ0n) is 9.50. The second-order valence-corrected chi connectivity index (χ2v) is 6.09. The fourth-order valence-corrected chi connectivity index (χ4v) is 3.49. The molecule has 0 radical (unpaired) electrons. The van der Waals surface area contributed by atoms with Gasteiger partial charge in [0.15, 0.2) is 0 Å². The highest BCUT2D eigenvalue weighted by Gasteiger charge is 2.25. The molecule has 1 aromatic carbocycles. The molecule has 0 unspecified atom stereocenters. The molecule has 5 heteroatoms. The Morgan fingerprint density at radius 1 is 1.00 bits per heavy atom. The lowest BCUT2D eigenvalue weighted by atomic mass is 10.2. The van der Waals surface area contributed by atoms with Crippen molar-refractivity contribution in [2.75, 3.05) is 13.1 Å². The van der Waals surface area contributed by atoms with Crippen LogP contribution in [0.15, 0.2) is 29.2 Å². The summed E-state index contributed by atoms with van der Waals surface area (Å²) in [6.45, 7) is 1.19. The van der Waals surface area contributed by atoms with Crippen molar-refractivity contribution in [1.82, 2.24) is 4.31 Å². The van der Waals surface area contributed by atoms with Crippen LogP contribution in [0.4, 0.5) is 0 Å². The van der Waals surface area contributed by atoms with Crippen molar-refractivity contribution in [2.45, 2.75) is 24.2 Å². The third-order valence-electron chi connectivity index (χ3n) is 2.97. The largest absolute Gasteiger partial charge is 0.298 e. The summed E-state index contributed by atoms with van der Waals surface area (Å²) < 4.78 is 26.0. The van der Waals surface area contributed by atoms with E-state index >= 15 is 0 Å². The van der Waals surface area contributed by atoms with Gasteiger partial charge in [0.05, 0.1) is 4.90 Å². The maximum atomic E-state index is 12.2. The summed E-state index contributed by atoms with van der Waals surface area (Å²) in [6, 6.07) is 6.05. The minimum atomic E-state index is -3.37. The third kappa shape index (κ3) is 2.56. The number of carbonyl (C=O) groups excluding carboxylic acids is 1. The fourth-order valence-electron chi connectivity index (χ4n) is 1.97. The lowest BCUT2D eigenvalue weighted by Crippen LogP contribution is -2.35. The van der Waals surface area contributed by atoms with Gasteiger partial charge in [-0.05, 0) is 25.0 Å². The minimum absolute atomic E-state index is 0.269. The van der Waals surface area contributed by atoms with E-state index in [1.807, 2.05) is 0 Å². The van der Waals surface area contributed by atoms with Crippen LogP contribution in [0.1, 0.15) is 29.6 Å². The molecule has 1 aliphatic heterocycles. The van der Waals surface area contributed by atoms with Gasteiger partial charge in [-0.25, -0.2) is 8.42 Å². The first-order valence-corrected chi connectivity index (χ1v) is 7.14. The van der Waals surface area contributed by atoms with Crippen LogP contribution in [0.3, 0.4) is 0 Å². The molecule has 1 saturated heterocycles. The number of carbonyl (C=O) groups is 1. The molecule has 1 heterocycles. The van der Waals surface area contributed by atoms with E-state index in [-0.39, 0.29) is 4.90 Å². The van der Waals surface area contributed by atoms with E-state index in [1.165, 1.54) is 28.6 Å². The molecule has 92 valence electrons. The quantitative estimate of drug-likeness (QED) is 0.770. The molecular formula is C12H15NO3S. The monoisotopic (exact) mass is 253 g/mol. The van der Waals surface area contributed by atoms with Crippen molar-refractivity contribution >= 4 is 16.3 Å². The van der Waals surface area contributed by atoms with Crippen LogP contribution in [0, 0.1) is 0 Å². The van der Waals surface area contributed by atoms with E-state index in [9.17, 15) is 13.2 Å². The van der Waals surface area contributed by atoms with Gasteiger partial charge in [0.25, 0.3) is 0 Å². The molecule has 2 rings (SSSR count). The normalized spacial score (nSPS) is 17.9. The number of nitrogens with zero attached hydrogens (tertiary/aromatic N) is 1. The molecule has 0 bridgehead atoms.